The number of hydrogen-bond donors (Lipinski definition) is 3. The van der Waals surface area contributed by atoms with Crippen molar-refractivity contribution in [3.63, 3.8) is 0 Å². The fourth-order valence-electron chi connectivity index (χ4n) is 3.21. The molecule has 3 N–H and O–H groups in total. The number of guanidine groups is 1. The van der Waals surface area contributed by atoms with Gasteiger partial charge in [0.05, 0.1) is 19.8 Å². The Kier molecular flexibility index (Phi) is 8.77. The number of likely N-dealkylation sites (tertiary alicyclic amines) is 1. The number of rotatable bonds is 6. The van der Waals surface area contributed by atoms with E-state index in [1.54, 1.807) is 12.0 Å². The van der Waals surface area contributed by atoms with Crippen LogP contribution in [0.15, 0.2) is 29.3 Å². The van der Waals surface area contributed by atoms with Crippen LogP contribution in [-0.2, 0) is 4.74 Å². The highest BCUT2D eigenvalue weighted by atomic mass is 16.6. The number of benzene rings is 1. The molecule has 8 heteroatoms. The Balaban J connectivity index is 1.95. The summed E-state index contributed by atoms with van der Waals surface area (Å²) in [5.41, 5.74) is 0.273. The van der Waals surface area contributed by atoms with Gasteiger partial charge in [-0.15, -0.1) is 0 Å². The smallest absolute Gasteiger partial charge is 0.410 e. The van der Waals surface area contributed by atoms with Crippen molar-refractivity contribution in [2.24, 2.45) is 4.99 Å². The van der Waals surface area contributed by atoms with Crippen LogP contribution in [-0.4, -0.2) is 67.0 Å². The first-order chi connectivity index (χ1) is 14.2. The fraction of sp³-hybridized carbons (Fsp3) is 0.636. The quantitative estimate of drug-likeness (QED) is 0.484. The number of methoxy groups -OCH3 is 1. The number of carbonyl (C=O) groups is 1. The largest absolute Gasteiger partial charge is 0.497 e. The van der Waals surface area contributed by atoms with Gasteiger partial charge in [0.25, 0.3) is 0 Å². The van der Waals surface area contributed by atoms with Gasteiger partial charge in [0.1, 0.15) is 11.4 Å². The van der Waals surface area contributed by atoms with E-state index in [2.05, 4.69) is 15.6 Å². The Morgan fingerprint density at radius 2 is 2.03 bits per heavy atom. The number of aliphatic hydroxyl groups excluding tert-OH is 1. The molecule has 2 atom stereocenters. The van der Waals surface area contributed by atoms with Crippen LogP contribution in [0.1, 0.15) is 52.2 Å². The van der Waals surface area contributed by atoms with E-state index < -0.39 is 11.7 Å². The molecule has 0 bridgehead atoms. The average molecular weight is 421 g/mol. The van der Waals surface area contributed by atoms with Gasteiger partial charge < -0.3 is 30.1 Å². The first kappa shape index (κ1) is 23.8. The van der Waals surface area contributed by atoms with Gasteiger partial charge >= 0.3 is 6.09 Å². The Morgan fingerprint density at radius 1 is 1.33 bits per heavy atom. The van der Waals surface area contributed by atoms with Gasteiger partial charge in [-0.2, -0.15) is 0 Å². The number of aliphatic imine (C=N–C) groups is 1. The Morgan fingerprint density at radius 3 is 2.63 bits per heavy atom. The van der Waals surface area contributed by atoms with Crippen LogP contribution in [0, 0.1) is 0 Å². The molecule has 1 saturated heterocycles. The lowest BCUT2D eigenvalue weighted by atomic mass is 10.1. The third-order valence-corrected chi connectivity index (χ3v) is 4.68. The molecule has 1 aliphatic heterocycles. The predicted molar refractivity (Wildman–Crippen MR) is 118 cm³/mol. The van der Waals surface area contributed by atoms with E-state index in [4.69, 9.17) is 9.47 Å². The highest BCUT2D eigenvalue weighted by Gasteiger charge is 2.28. The molecule has 0 spiro atoms. The number of amides is 1. The lowest BCUT2D eigenvalue weighted by Gasteiger charge is -2.35. The second kappa shape index (κ2) is 11.1. The van der Waals surface area contributed by atoms with Gasteiger partial charge in [-0.3, -0.25) is 4.99 Å². The topological polar surface area (TPSA) is 95.4 Å². The Hall–Kier alpha value is -2.48. The van der Waals surface area contributed by atoms with Crippen LogP contribution in [0.4, 0.5) is 4.79 Å². The molecule has 8 nitrogen and oxygen atoms in total. The first-order valence-electron chi connectivity index (χ1n) is 10.6. The summed E-state index contributed by atoms with van der Waals surface area (Å²) in [6.45, 7) is 9.78. The third-order valence-electron chi connectivity index (χ3n) is 4.68. The minimum Gasteiger partial charge on any atom is -0.497 e. The SMILES string of the molecule is CCNC(=NCC(O)c1ccc(OC)cc1)NC1CCCN(C(=O)OC(C)(C)C)C1. The van der Waals surface area contributed by atoms with Crippen LogP contribution in [0.5, 0.6) is 5.75 Å². The molecule has 1 aromatic carbocycles. The van der Waals surface area contributed by atoms with Gasteiger partial charge in [0, 0.05) is 25.7 Å². The number of nitrogens with one attached hydrogen (secondary N) is 2. The summed E-state index contributed by atoms with van der Waals surface area (Å²) in [6, 6.07) is 7.37. The number of carbonyl (C=O) groups excluding carboxylic acids is 1. The molecule has 1 heterocycles. The van der Waals surface area contributed by atoms with E-state index in [-0.39, 0.29) is 18.7 Å². The van der Waals surface area contributed by atoms with Crippen molar-refractivity contribution in [2.75, 3.05) is 33.3 Å². The summed E-state index contributed by atoms with van der Waals surface area (Å²) in [7, 11) is 1.61. The van der Waals surface area contributed by atoms with Crippen molar-refractivity contribution >= 4 is 12.1 Å². The lowest BCUT2D eigenvalue weighted by molar-refractivity contribution is 0.0193. The van der Waals surface area contributed by atoms with Crippen LogP contribution < -0.4 is 15.4 Å². The highest BCUT2D eigenvalue weighted by Crippen LogP contribution is 2.18. The van der Waals surface area contributed by atoms with Gasteiger partial charge in [-0.1, -0.05) is 12.1 Å². The number of aliphatic hydroxyl groups is 1. The van der Waals surface area contributed by atoms with Crippen LogP contribution in [0.3, 0.4) is 0 Å². The summed E-state index contributed by atoms with van der Waals surface area (Å²) in [4.78, 5) is 18.6. The van der Waals surface area contributed by atoms with Crippen molar-refractivity contribution in [1.29, 1.82) is 0 Å². The molecule has 1 amide bonds. The van der Waals surface area contributed by atoms with E-state index in [1.165, 1.54) is 0 Å². The lowest BCUT2D eigenvalue weighted by Crippen LogP contribution is -2.53. The fourth-order valence-corrected chi connectivity index (χ4v) is 3.21. The van der Waals surface area contributed by atoms with Crippen LogP contribution in [0.25, 0.3) is 0 Å². The van der Waals surface area contributed by atoms with E-state index in [0.717, 1.165) is 24.2 Å². The predicted octanol–water partition coefficient (Wildman–Crippen LogP) is 2.68. The Labute approximate surface area is 179 Å². The first-order valence-corrected chi connectivity index (χ1v) is 10.6. The minimum absolute atomic E-state index is 0.0715. The second-order valence-corrected chi connectivity index (χ2v) is 8.42. The Bertz CT molecular complexity index is 700. The van der Waals surface area contributed by atoms with Gasteiger partial charge in [-0.25, -0.2) is 4.79 Å². The van der Waals surface area contributed by atoms with Crippen LogP contribution >= 0.6 is 0 Å². The molecule has 0 radical (unpaired) electrons. The zero-order chi connectivity index (χ0) is 22.1. The second-order valence-electron chi connectivity index (χ2n) is 8.42. The van der Waals surface area contributed by atoms with Gasteiger partial charge in [0.2, 0.25) is 0 Å². The van der Waals surface area contributed by atoms with Gasteiger partial charge in [-0.05, 0) is 58.2 Å². The summed E-state index contributed by atoms with van der Waals surface area (Å²) in [5.74, 6) is 1.37. The minimum atomic E-state index is -0.712. The van der Waals surface area contributed by atoms with Crippen molar-refractivity contribution < 1.29 is 19.4 Å². The summed E-state index contributed by atoms with van der Waals surface area (Å²) >= 11 is 0. The van der Waals surface area contributed by atoms with E-state index in [9.17, 15) is 9.90 Å². The zero-order valence-corrected chi connectivity index (χ0v) is 18.8. The van der Waals surface area contributed by atoms with Gasteiger partial charge in [0.15, 0.2) is 5.96 Å². The van der Waals surface area contributed by atoms with Crippen LogP contribution in [0.2, 0.25) is 0 Å². The van der Waals surface area contributed by atoms with Crippen molar-refractivity contribution in [1.82, 2.24) is 15.5 Å². The molecule has 0 saturated carbocycles. The number of ether oxygens (including phenoxy) is 2. The normalized spacial score (nSPS) is 18.5. The summed E-state index contributed by atoms with van der Waals surface area (Å²) in [6.07, 6.45) is 0.831. The molecular weight excluding hydrogens is 384 g/mol. The zero-order valence-electron chi connectivity index (χ0n) is 18.8. The van der Waals surface area contributed by atoms with E-state index in [0.29, 0.717) is 25.6 Å². The standard InChI is InChI=1S/C22H36N4O4/c1-6-23-20(24-14-19(27)16-9-11-18(29-5)12-10-16)25-17-8-7-13-26(15-17)21(28)30-22(2,3)4/h9-12,17,19,27H,6-8,13-15H2,1-5H3,(H2,23,24,25). The molecule has 1 aromatic rings. The van der Waals surface area contributed by atoms with Crippen molar-refractivity contribution in [2.45, 2.75) is 58.3 Å². The highest BCUT2D eigenvalue weighted by molar-refractivity contribution is 5.80. The third kappa shape index (κ3) is 7.74. The molecule has 30 heavy (non-hydrogen) atoms. The molecule has 1 aliphatic rings. The number of hydrogen-bond acceptors (Lipinski definition) is 5. The number of nitrogens with zero attached hydrogens (tertiary/aromatic N) is 2. The van der Waals surface area contributed by atoms with E-state index >= 15 is 0 Å². The van der Waals surface area contributed by atoms with E-state index in [1.807, 2.05) is 52.0 Å². The molecule has 1 fully saturated rings. The monoisotopic (exact) mass is 420 g/mol. The molecule has 0 aliphatic carbocycles. The summed E-state index contributed by atoms with van der Waals surface area (Å²) < 4.78 is 10.6. The van der Waals surface area contributed by atoms with Crippen molar-refractivity contribution in [3.8, 4) is 5.75 Å². The summed E-state index contributed by atoms with van der Waals surface area (Å²) in [5, 5.41) is 17.1. The average Bonchev–Trinajstić information content (AvgIpc) is 2.71. The molecular formula is C22H36N4O4. The maximum atomic E-state index is 12.4. The maximum Gasteiger partial charge on any atom is 0.410 e. The van der Waals surface area contributed by atoms with Crippen molar-refractivity contribution in [3.05, 3.63) is 29.8 Å². The molecule has 2 rings (SSSR count). The molecule has 2 unspecified atom stereocenters. The molecule has 168 valence electrons. The maximum absolute atomic E-state index is 12.4. The number of piperidine rings is 1. The molecule has 0 aromatic heterocycles.